The number of aryl methyl sites for hydroxylation is 3. The van der Waals surface area contributed by atoms with Crippen LogP contribution in [0, 0.1) is 6.92 Å². The maximum Gasteiger partial charge on any atom is 0.306 e. The Bertz CT molecular complexity index is 1540. The Morgan fingerprint density at radius 3 is 2.74 bits per heavy atom. The number of esters is 1. The first kappa shape index (κ1) is 26.8. The Morgan fingerprint density at radius 2 is 2.03 bits per heavy atom. The van der Waals surface area contributed by atoms with Gasteiger partial charge in [-0.2, -0.15) is 0 Å². The summed E-state index contributed by atoms with van der Waals surface area (Å²) in [7, 11) is 3.45. The zero-order valence-electron chi connectivity index (χ0n) is 23.0. The lowest BCUT2D eigenvalue weighted by atomic mass is 9.82. The average molecular weight is 548 g/mol. The van der Waals surface area contributed by atoms with E-state index in [1.807, 2.05) is 44.0 Å². The molecule has 9 nitrogen and oxygen atoms in total. The van der Waals surface area contributed by atoms with Crippen molar-refractivity contribution in [1.82, 2.24) is 24.9 Å². The van der Waals surface area contributed by atoms with Crippen LogP contribution in [0.5, 0.6) is 5.75 Å². The van der Waals surface area contributed by atoms with Gasteiger partial charge in [0.15, 0.2) is 0 Å². The Labute approximate surface area is 231 Å². The van der Waals surface area contributed by atoms with Gasteiger partial charge < -0.3 is 14.4 Å². The van der Waals surface area contributed by atoms with Crippen molar-refractivity contribution in [2.24, 2.45) is 7.05 Å². The highest BCUT2D eigenvalue weighted by molar-refractivity contribution is 7.13. The predicted molar refractivity (Wildman–Crippen MR) is 149 cm³/mol. The van der Waals surface area contributed by atoms with Gasteiger partial charge in [-0.15, -0.1) is 16.4 Å². The molecule has 0 aliphatic carbocycles. The molecule has 0 radical (unpaired) electrons. The Balaban J connectivity index is 1.53. The summed E-state index contributed by atoms with van der Waals surface area (Å²) in [6.07, 6.45) is 1.69. The predicted octanol–water partition coefficient (Wildman–Crippen LogP) is 4.59. The smallest absolute Gasteiger partial charge is 0.306 e. The lowest BCUT2D eigenvalue weighted by molar-refractivity contribution is -0.143. The molecule has 39 heavy (non-hydrogen) atoms. The first-order valence-corrected chi connectivity index (χ1v) is 14.0. The van der Waals surface area contributed by atoms with Crippen molar-refractivity contribution in [3.8, 4) is 5.75 Å². The van der Waals surface area contributed by atoms with Gasteiger partial charge in [-0.3, -0.25) is 9.59 Å². The third-order valence-electron chi connectivity index (χ3n) is 7.29. The van der Waals surface area contributed by atoms with Gasteiger partial charge in [0.05, 0.1) is 30.8 Å². The van der Waals surface area contributed by atoms with E-state index < -0.39 is 0 Å². The number of carbonyl (C=O) groups excluding carboxylic acids is 2. The second-order valence-electron chi connectivity index (χ2n) is 9.70. The molecule has 2 aromatic heterocycles. The van der Waals surface area contributed by atoms with E-state index in [9.17, 15) is 9.59 Å². The molecule has 5 rings (SSSR count). The van der Waals surface area contributed by atoms with Crippen LogP contribution in [0.1, 0.15) is 68.8 Å². The molecule has 1 unspecified atom stereocenters. The van der Waals surface area contributed by atoms with Crippen LogP contribution in [0.2, 0.25) is 0 Å². The van der Waals surface area contributed by atoms with Gasteiger partial charge in [0.25, 0.3) is 5.91 Å². The summed E-state index contributed by atoms with van der Waals surface area (Å²) in [5, 5.41) is 9.44. The SMILES string of the molecule is CCOC(=O)CC(c1cc(OC)c2c(c1)nnn2C)c1cccc2c1CCN(C(=O)c1sc(CC)nc1C)C2. The number of ether oxygens (including phenoxy) is 2. The number of fused-ring (bicyclic) bond motifs is 2. The summed E-state index contributed by atoms with van der Waals surface area (Å²) in [6, 6.07) is 10.1. The fraction of sp³-hybridized carbons (Fsp3) is 0.414. The van der Waals surface area contributed by atoms with E-state index in [-0.39, 0.29) is 24.2 Å². The number of hydrogen-bond acceptors (Lipinski definition) is 8. The molecular formula is C29H33N5O4S. The molecule has 0 N–H and O–H groups in total. The van der Waals surface area contributed by atoms with E-state index in [1.54, 1.807) is 11.8 Å². The highest BCUT2D eigenvalue weighted by Gasteiger charge is 2.30. The van der Waals surface area contributed by atoms with Crippen LogP contribution >= 0.6 is 11.3 Å². The first-order chi connectivity index (χ1) is 18.8. The van der Waals surface area contributed by atoms with E-state index >= 15 is 0 Å². The highest BCUT2D eigenvalue weighted by atomic mass is 32.1. The number of amides is 1. The molecule has 4 aromatic rings. The van der Waals surface area contributed by atoms with E-state index in [0.29, 0.717) is 37.4 Å². The monoisotopic (exact) mass is 547 g/mol. The van der Waals surface area contributed by atoms with Crippen LogP contribution in [0.4, 0.5) is 0 Å². The second-order valence-corrected chi connectivity index (χ2v) is 10.8. The summed E-state index contributed by atoms with van der Waals surface area (Å²) in [5.41, 5.74) is 6.52. The molecule has 0 saturated heterocycles. The lowest BCUT2D eigenvalue weighted by Crippen LogP contribution is -2.36. The van der Waals surface area contributed by atoms with Crippen molar-refractivity contribution in [3.63, 3.8) is 0 Å². The number of rotatable bonds is 8. The zero-order chi connectivity index (χ0) is 27.7. The standard InChI is InChI=1S/C29H33N5O4S/c1-6-25-30-17(3)28(39-25)29(36)34-12-11-20-18(16-34)9-8-10-21(20)22(15-26(35)38-7-2)19-13-23-27(24(14-19)37-5)33(4)32-31-23/h8-10,13-14,22H,6-7,11-12,15-16H2,1-5H3. The number of carbonyl (C=O) groups is 2. The van der Waals surface area contributed by atoms with E-state index in [4.69, 9.17) is 9.47 Å². The quantitative estimate of drug-likeness (QED) is 0.298. The number of nitrogens with zero attached hydrogens (tertiary/aromatic N) is 5. The lowest BCUT2D eigenvalue weighted by Gasteiger charge is -2.32. The van der Waals surface area contributed by atoms with Crippen molar-refractivity contribution in [1.29, 1.82) is 0 Å². The second kappa shape index (κ2) is 11.1. The van der Waals surface area contributed by atoms with Crippen molar-refractivity contribution in [2.45, 2.75) is 52.5 Å². The van der Waals surface area contributed by atoms with Crippen LogP contribution in [0.15, 0.2) is 30.3 Å². The van der Waals surface area contributed by atoms with Crippen LogP contribution in [0.3, 0.4) is 0 Å². The molecule has 204 valence electrons. The normalized spacial score (nSPS) is 13.8. The molecule has 1 amide bonds. The average Bonchev–Trinajstić information content (AvgIpc) is 3.52. The maximum atomic E-state index is 13.4. The minimum absolute atomic E-state index is 0.0293. The molecule has 3 heterocycles. The maximum absolute atomic E-state index is 13.4. The van der Waals surface area contributed by atoms with Gasteiger partial charge in [0.1, 0.15) is 21.7 Å². The minimum Gasteiger partial charge on any atom is -0.494 e. The molecule has 0 saturated carbocycles. The molecule has 1 aliphatic heterocycles. The molecule has 0 bridgehead atoms. The van der Waals surface area contributed by atoms with Gasteiger partial charge in [0, 0.05) is 26.1 Å². The molecule has 0 spiro atoms. The minimum atomic E-state index is -0.266. The van der Waals surface area contributed by atoms with Crippen molar-refractivity contribution in [3.05, 3.63) is 68.2 Å². The molecule has 1 atom stereocenters. The van der Waals surface area contributed by atoms with Gasteiger partial charge in [0.2, 0.25) is 0 Å². The van der Waals surface area contributed by atoms with Crippen LogP contribution in [0.25, 0.3) is 11.0 Å². The van der Waals surface area contributed by atoms with E-state index in [2.05, 4.69) is 34.4 Å². The van der Waals surface area contributed by atoms with Gasteiger partial charge in [-0.05, 0) is 61.1 Å². The van der Waals surface area contributed by atoms with Crippen LogP contribution in [-0.4, -0.2) is 57.0 Å². The van der Waals surface area contributed by atoms with Crippen molar-refractivity contribution >= 4 is 34.2 Å². The first-order valence-electron chi connectivity index (χ1n) is 13.2. The van der Waals surface area contributed by atoms with Gasteiger partial charge >= 0.3 is 5.97 Å². The zero-order valence-corrected chi connectivity index (χ0v) is 23.8. The third kappa shape index (κ3) is 5.13. The van der Waals surface area contributed by atoms with Crippen molar-refractivity contribution in [2.75, 3.05) is 20.3 Å². The van der Waals surface area contributed by atoms with Crippen LogP contribution < -0.4 is 4.74 Å². The fourth-order valence-corrected chi connectivity index (χ4v) is 6.38. The Kier molecular flexibility index (Phi) is 7.65. The number of aromatic nitrogens is 4. The fourth-order valence-electron chi connectivity index (χ4n) is 5.41. The summed E-state index contributed by atoms with van der Waals surface area (Å²) in [4.78, 5) is 33.4. The summed E-state index contributed by atoms with van der Waals surface area (Å²) in [5.74, 6) is 0.147. The summed E-state index contributed by atoms with van der Waals surface area (Å²) >= 11 is 1.49. The topological polar surface area (TPSA) is 99.4 Å². The van der Waals surface area contributed by atoms with E-state index in [0.717, 1.165) is 44.2 Å². The number of hydrogen-bond donors (Lipinski definition) is 0. The number of thiazole rings is 1. The Morgan fingerprint density at radius 1 is 1.21 bits per heavy atom. The van der Waals surface area contributed by atoms with Crippen LogP contribution in [-0.2, 0) is 36.0 Å². The largest absolute Gasteiger partial charge is 0.494 e. The number of methoxy groups -OCH3 is 1. The van der Waals surface area contributed by atoms with Crippen molar-refractivity contribution < 1.29 is 19.1 Å². The molecular weight excluding hydrogens is 514 g/mol. The van der Waals surface area contributed by atoms with E-state index in [1.165, 1.54) is 16.9 Å². The van der Waals surface area contributed by atoms with Gasteiger partial charge in [-0.25, -0.2) is 9.67 Å². The third-order valence-corrected chi connectivity index (χ3v) is 8.58. The number of benzene rings is 2. The van der Waals surface area contributed by atoms with Gasteiger partial charge in [-0.1, -0.05) is 30.3 Å². The Hall–Kier alpha value is -3.79. The molecule has 0 fully saturated rings. The highest BCUT2D eigenvalue weighted by Crippen LogP contribution is 2.38. The molecule has 2 aromatic carbocycles. The molecule has 10 heteroatoms. The summed E-state index contributed by atoms with van der Waals surface area (Å²) < 4.78 is 12.7. The molecule has 1 aliphatic rings. The summed E-state index contributed by atoms with van der Waals surface area (Å²) in [6.45, 7) is 7.20.